The molecule has 0 saturated heterocycles. The van der Waals surface area contributed by atoms with Crippen LogP contribution >= 0.6 is 11.3 Å². The molecule has 1 aromatic rings. The molecular weight excluding hydrogens is 274 g/mol. The summed E-state index contributed by atoms with van der Waals surface area (Å²) < 4.78 is 0. The molecule has 0 spiro atoms. The monoisotopic (exact) mass is 297 g/mol. The predicted molar refractivity (Wildman–Crippen MR) is 81.2 cm³/mol. The highest BCUT2D eigenvalue weighted by molar-refractivity contribution is 7.14. The number of nitrogens with one attached hydrogen (secondary N) is 1. The molecule has 0 saturated carbocycles. The number of amides is 1. The third-order valence-electron chi connectivity index (χ3n) is 3.53. The number of carbonyl (C=O) groups is 2. The van der Waals surface area contributed by atoms with Gasteiger partial charge in [0.15, 0.2) is 5.78 Å². The average molecular weight is 297 g/mol. The van der Waals surface area contributed by atoms with Crippen molar-refractivity contribution in [3.05, 3.63) is 21.9 Å². The largest absolute Gasteiger partial charge is 0.388 e. The minimum absolute atomic E-state index is 0.000468. The van der Waals surface area contributed by atoms with Crippen LogP contribution in [0.5, 0.6) is 0 Å². The van der Waals surface area contributed by atoms with E-state index in [-0.39, 0.29) is 31.1 Å². The SMILES string of the molecule is CCC(O)(CC)CNC(=O)CCC(=O)c1ccc(C)s1. The number of hydrogen-bond donors (Lipinski definition) is 2. The summed E-state index contributed by atoms with van der Waals surface area (Å²) in [6, 6.07) is 3.70. The van der Waals surface area contributed by atoms with Crippen LogP contribution in [0.2, 0.25) is 0 Å². The summed E-state index contributed by atoms with van der Waals surface area (Å²) in [5.74, 6) is -0.188. The molecular formula is C15H23NO3S. The fourth-order valence-electron chi connectivity index (χ4n) is 1.79. The first-order chi connectivity index (χ1) is 9.40. The van der Waals surface area contributed by atoms with E-state index in [2.05, 4.69) is 5.32 Å². The van der Waals surface area contributed by atoms with E-state index in [1.807, 2.05) is 26.8 Å². The summed E-state index contributed by atoms with van der Waals surface area (Å²) in [6.07, 6.45) is 1.57. The highest BCUT2D eigenvalue weighted by Crippen LogP contribution is 2.17. The molecule has 1 amide bonds. The van der Waals surface area contributed by atoms with E-state index in [1.165, 1.54) is 11.3 Å². The number of hydrogen-bond acceptors (Lipinski definition) is 4. The van der Waals surface area contributed by atoms with E-state index >= 15 is 0 Å². The van der Waals surface area contributed by atoms with Gasteiger partial charge < -0.3 is 10.4 Å². The molecule has 4 nitrogen and oxygen atoms in total. The van der Waals surface area contributed by atoms with Crippen LogP contribution < -0.4 is 5.32 Å². The highest BCUT2D eigenvalue weighted by Gasteiger charge is 2.22. The molecule has 20 heavy (non-hydrogen) atoms. The molecule has 1 heterocycles. The average Bonchev–Trinajstić information content (AvgIpc) is 2.88. The predicted octanol–water partition coefficient (Wildman–Crippen LogP) is 2.69. The number of aliphatic hydroxyl groups is 1. The Morgan fingerprint density at radius 3 is 2.40 bits per heavy atom. The third kappa shape index (κ3) is 5.06. The molecule has 5 heteroatoms. The van der Waals surface area contributed by atoms with Crippen molar-refractivity contribution in [3.8, 4) is 0 Å². The summed E-state index contributed by atoms with van der Waals surface area (Å²) in [7, 11) is 0. The molecule has 0 radical (unpaired) electrons. The zero-order valence-corrected chi connectivity index (χ0v) is 13.2. The van der Waals surface area contributed by atoms with Gasteiger partial charge in [0.25, 0.3) is 0 Å². The number of thiophene rings is 1. The van der Waals surface area contributed by atoms with Crippen LogP contribution in [0.15, 0.2) is 12.1 Å². The van der Waals surface area contributed by atoms with Crippen molar-refractivity contribution in [1.29, 1.82) is 0 Å². The van der Waals surface area contributed by atoms with Gasteiger partial charge in [0.05, 0.1) is 10.5 Å². The van der Waals surface area contributed by atoms with Gasteiger partial charge in [0.2, 0.25) is 5.91 Å². The lowest BCUT2D eigenvalue weighted by Gasteiger charge is -2.25. The number of Topliss-reactive ketones (excluding diaryl/α,β-unsaturated/α-hetero) is 1. The molecule has 0 bridgehead atoms. The van der Waals surface area contributed by atoms with Gasteiger partial charge in [-0.1, -0.05) is 13.8 Å². The van der Waals surface area contributed by atoms with E-state index in [1.54, 1.807) is 6.07 Å². The summed E-state index contributed by atoms with van der Waals surface area (Å²) in [6.45, 7) is 5.96. The zero-order chi connectivity index (χ0) is 15.2. The first-order valence-corrected chi connectivity index (χ1v) is 7.80. The van der Waals surface area contributed by atoms with Gasteiger partial charge in [0, 0.05) is 24.3 Å². The molecule has 1 rings (SSSR count). The normalized spacial score (nSPS) is 11.4. The topological polar surface area (TPSA) is 66.4 Å². The van der Waals surface area contributed by atoms with E-state index in [4.69, 9.17) is 0 Å². The highest BCUT2D eigenvalue weighted by atomic mass is 32.1. The van der Waals surface area contributed by atoms with E-state index in [9.17, 15) is 14.7 Å². The molecule has 0 aliphatic carbocycles. The van der Waals surface area contributed by atoms with Crippen molar-refractivity contribution < 1.29 is 14.7 Å². The standard InChI is InChI=1S/C15H23NO3S/c1-4-15(19,5-2)10-16-14(18)9-7-12(17)13-8-6-11(3)20-13/h6,8,19H,4-5,7,9-10H2,1-3H3,(H,16,18). The molecule has 0 aliphatic rings. The van der Waals surface area contributed by atoms with Crippen LogP contribution in [0.25, 0.3) is 0 Å². The third-order valence-corrected chi connectivity index (χ3v) is 4.57. The molecule has 2 N–H and O–H groups in total. The lowest BCUT2D eigenvalue weighted by molar-refractivity contribution is -0.122. The second kappa shape index (κ2) is 7.55. The van der Waals surface area contributed by atoms with Crippen LogP contribution in [-0.2, 0) is 4.79 Å². The van der Waals surface area contributed by atoms with Crippen LogP contribution in [0.4, 0.5) is 0 Å². The quantitative estimate of drug-likeness (QED) is 0.725. The van der Waals surface area contributed by atoms with Crippen LogP contribution in [0.1, 0.15) is 54.1 Å². The Morgan fingerprint density at radius 2 is 1.90 bits per heavy atom. The molecule has 0 unspecified atom stereocenters. The van der Waals surface area contributed by atoms with Gasteiger partial charge in [-0.15, -0.1) is 11.3 Å². The molecule has 0 aliphatic heterocycles. The smallest absolute Gasteiger partial charge is 0.220 e. The first-order valence-electron chi connectivity index (χ1n) is 6.99. The molecule has 0 aromatic carbocycles. The van der Waals surface area contributed by atoms with Gasteiger partial charge in [-0.25, -0.2) is 0 Å². The van der Waals surface area contributed by atoms with Crippen molar-refractivity contribution in [2.24, 2.45) is 0 Å². The van der Waals surface area contributed by atoms with Gasteiger partial charge >= 0.3 is 0 Å². The minimum atomic E-state index is -0.843. The summed E-state index contributed by atoms with van der Waals surface area (Å²) in [5.41, 5.74) is -0.843. The fourth-order valence-corrected chi connectivity index (χ4v) is 2.62. The Bertz CT molecular complexity index is 463. The Kier molecular flexibility index (Phi) is 6.36. The van der Waals surface area contributed by atoms with Crippen molar-refractivity contribution in [1.82, 2.24) is 5.32 Å². The first kappa shape index (κ1) is 16.9. The second-order valence-electron chi connectivity index (χ2n) is 5.04. The van der Waals surface area contributed by atoms with Crippen LogP contribution in [0, 0.1) is 6.92 Å². The molecule has 0 fully saturated rings. The molecule has 1 aromatic heterocycles. The van der Waals surface area contributed by atoms with E-state index in [0.29, 0.717) is 17.7 Å². The van der Waals surface area contributed by atoms with Gasteiger partial charge in [-0.3, -0.25) is 9.59 Å². The Morgan fingerprint density at radius 1 is 1.25 bits per heavy atom. The molecule has 0 atom stereocenters. The maximum atomic E-state index is 11.9. The van der Waals surface area contributed by atoms with Crippen molar-refractivity contribution in [3.63, 3.8) is 0 Å². The Hall–Kier alpha value is -1.20. The van der Waals surface area contributed by atoms with Gasteiger partial charge in [0.1, 0.15) is 0 Å². The number of rotatable bonds is 8. The maximum absolute atomic E-state index is 11.9. The second-order valence-corrected chi connectivity index (χ2v) is 6.33. The van der Waals surface area contributed by atoms with Crippen molar-refractivity contribution in [2.75, 3.05) is 6.54 Å². The summed E-state index contributed by atoms with van der Waals surface area (Å²) in [4.78, 5) is 25.3. The number of ketones is 1. The lowest BCUT2D eigenvalue weighted by atomic mass is 9.97. The minimum Gasteiger partial charge on any atom is -0.388 e. The van der Waals surface area contributed by atoms with Gasteiger partial charge in [-0.05, 0) is 31.9 Å². The zero-order valence-electron chi connectivity index (χ0n) is 12.4. The van der Waals surface area contributed by atoms with Crippen molar-refractivity contribution in [2.45, 2.75) is 52.1 Å². The van der Waals surface area contributed by atoms with E-state index in [0.717, 1.165) is 4.88 Å². The van der Waals surface area contributed by atoms with Crippen molar-refractivity contribution >= 4 is 23.0 Å². The lowest BCUT2D eigenvalue weighted by Crippen LogP contribution is -2.42. The summed E-state index contributed by atoms with van der Waals surface area (Å²) >= 11 is 1.45. The van der Waals surface area contributed by atoms with Crippen LogP contribution in [0.3, 0.4) is 0 Å². The molecule has 112 valence electrons. The van der Waals surface area contributed by atoms with Gasteiger partial charge in [-0.2, -0.15) is 0 Å². The maximum Gasteiger partial charge on any atom is 0.220 e. The Labute approximate surface area is 124 Å². The fraction of sp³-hybridized carbons (Fsp3) is 0.600. The number of aryl methyl sites for hydroxylation is 1. The number of carbonyl (C=O) groups excluding carboxylic acids is 2. The van der Waals surface area contributed by atoms with E-state index < -0.39 is 5.60 Å². The Balaban J connectivity index is 2.35. The van der Waals surface area contributed by atoms with Crippen LogP contribution in [-0.4, -0.2) is 28.9 Å². The summed E-state index contributed by atoms with van der Waals surface area (Å²) in [5, 5.41) is 12.8.